The second-order valence-electron chi connectivity index (χ2n) is 12.8. The predicted octanol–water partition coefficient (Wildman–Crippen LogP) is 2.38. The zero-order valence-corrected chi connectivity index (χ0v) is 29.4. The molecule has 0 aliphatic rings. The van der Waals surface area contributed by atoms with Gasteiger partial charge in [0.2, 0.25) is 17.7 Å². The van der Waals surface area contributed by atoms with Gasteiger partial charge in [-0.25, -0.2) is 4.79 Å². The van der Waals surface area contributed by atoms with Crippen LogP contribution in [-0.2, 0) is 32.1 Å². The molecule has 0 unspecified atom stereocenters. The molecular weight excluding hydrogens is 626 g/mol. The molecule has 0 bridgehead atoms. The Morgan fingerprint density at radius 3 is 2.06 bits per heavy atom. The van der Waals surface area contributed by atoms with Crippen LogP contribution in [-0.4, -0.2) is 79.2 Å². The van der Waals surface area contributed by atoms with Crippen LogP contribution in [0.4, 0.5) is 4.79 Å². The van der Waals surface area contributed by atoms with Crippen LogP contribution >= 0.6 is 0 Å². The zero-order chi connectivity index (χ0) is 36.2. The van der Waals surface area contributed by atoms with E-state index in [-0.39, 0.29) is 43.2 Å². The number of aliphatic hydroxyl groups is 1. The second kappa shape index (κ2) is 22.1. The molecule has 0 heterocycles. The fourth-order valence-corrected chi connectivity index (χ4v) is 5.05. The van der Waals surface area contributed by atoms with Crippen molar-refractivity contribution in [1.82, 2.24) is 26.6 Å². The molecule has 0 aromatic heterocycles. The van der Waals surface area contributed by atoms with Gasteiger partial charge in [-0.1, -0.05) is 88.4 Å². The molecule has 4 amide bonds. The highest BCUT2D eigenvalue weighted by Crippen LogP contribution is 2.13. The number of guanidine groups is 1. The predicted molar refractivity (Wildman–Crippen MR) is 190 cm³/mol. The number of ether oxygens (including phenoxy) is 1. The summed E-state index contributed by atoms with van der Waals surface area (Å²) in [6.07, 6.45) is -0.381. The molecule has 2 aromatic carbocycles. The Hall–Kier alpha value is -4.65. The molecule has 0 spiro atoms. The van der Waals surface area contributed by atoms with Gasteiger partial charge in [-0.2, -0.15) is 0 Å². The second-order valence-corrected chi connectivity index (χ2v) is 12.8. The quantitative estimate of drug-likeness (QED) is 0.0628. The van der Waals surface area contributed by atoms with Crippen LogP contribution in [0.2, 0.25) is 0 Å². The highest BCUT2D eigenvalue weighted by molar-refractivity contribution is 5.91. The summed E-state index contributed by atoms with van der Waals surface area (Å²) in [5, 5.41) is 25.1. The molecule has 13 nitrogen and oxygen atoms in total. The number of nitrogens with one attached hydrogen (secondary N) is 5. The largest absolute Gasteiger partial charge is 0.445 e. The third-order valence-electron chi connectivity index (χ3n) is 7.78. The lowest BCUT2D eigenvalue weighted by molar-refractivity contribution is -0.132. The van der Waals surface area contributed by atoms with Crippen LogP contribution in [0.3, 0.4) is 0 Å². The van der Waals surface area contributed by atoms with Crippen molar-refractivity contribution in [2.45, 2.75) is 90.6 Å². The van der Waals surface area contributed by atoms with E-state index in [1.54, 1.807) is 20.9 Å². The van der Waals surface area contributed by atoms with Gasteiger partial charge in [0.1, 0.15) is 18.7 Å². The van der Waals surface area contributed by atoms with Gasteiger partial charge in [-0.3, -0.25) is 19.4 Å². The van der Waals surface area contributed by atoms with Crippen molar-refractivity contribution in [3.63, 3.8) is 0 Å². The van der Waals surface area contributed by atoms with Gasteiger partial charge in [0.05, 0.1) is 18.6 Å². The van der Waals surface area contributed by atoms with Gasteiger partial charge in [0, 0.05) is 20.1 Å². The van der Waals surface area contributed by atoms with Crippen molar-refractivity contribution in [1.29, 1.82) is 0 Å². The van der Waals surface area contributed by atoms with E-state index in [1.165, 1.54) is 0 Å². The SMILES string of the molecule is CN=C(N)NCCC[C@H](NC(=O)OCc1ccccc1)C(=O)N[C@H](C(=O)N[C@@H](CC(C)C)[C@@H](O)CC(=O)NCCc1ccccc1)C(C)C. The average molecular weight is 682 g/mol. The van der Waals surface area contributed by atoms with Crippen LogP contribution in [0.1, 0.15) is 64.5 Å². The number of benzene rings is 2. The summed E-state index contributed by atoms with van der Waals surface area (Å²) < 4.78 is 5.34. The van der Waals surface area contributed by atoms with E-state index in [1.807, 2.05) is 74.5 Å². The van der Waals surface area contributed by atoms with E-state index in [0.717, 1.165) is 11.1 Å². The van der Waals surface area contributed by atoms with Crippen LogP contribution in [0.25, 0.3) is 0 Å². The number of hydrogen-bond acceptors (Lipinski definition) is 7. The number of nitrogens with zero attached hydrogens (tertiary/aromatic N) is 1. The minimum Gasteiger partial charge on any atom is -0.445 e. The van der Waals surface area contributed by atoms with Crippen molar-refractivity contribution in [3.05, 3.63) is 71.8 Å². The third kappa shape index (κ3) is 16.3. The summed E-state index contributed by atoms with van der Waals surface area (Å²) in [6, 6.07) is 16.2. The maximum absolute atomic E-state index is 13.6. The summed E-state index contributed by atoms with van der Waals surface area (Å²) in [5.41, 5.74) is 7.58. The van der Waals surface area contributed by atoms with E-state index >= 15 is 0 Å². The van der Waals surface area contributed by atoms with Crippen LogP contribution < -0.4 is 32.3 Å². The number of carbonyl (C=O) groups is 4. The standard InChI is InChI=1S/C36H55N7O6/c1-24(2)21-29(30(44)22-31(45)39-20-18-26-13-8-6-9-14-26)41-34(47)32(25(3)4)43-33(46)28(17-12-19-40-35(37)38-5)42-36(48)49-23-27-15-10-7-11-16-27/h6-11,13-16,24-25,28-30,32,44H,12,17-23H2,1-5H3,(H,39,45)(H,41,47)(H,42,48)(H,43,46)(H3,37,38,40)/t28-,29-,30-,32-/m0/s1. The Kier molecular flexibility index (Phi) is 18.3. The van der Waals surface area contributed by atoms with Crippen molar-refractivity contribution < 1.29 is 29.0 Å². The third-order valence-corrected chi connectivity index (χ3v) is 7.78. The van der Waals surface area contributed by atoms with Gasteiger partial charge < -0.3 is 42.2 Å². The first-order valence-corrected chi connectivity index (χ1v) is 16.9. The van der Waals surface area contributed by atoms with Crippen molar-refractivity contribution >= 4 is 29.8 Å². The van der Waals surface area contributed by atoms with E-state index in [4.69, 9.17) is 10.5 Å². The molecule has 49 heavy (non-hydrogen) atoms. The van der Waals surface area contributed by atoms with Crippen molar-refractivity contribution in [2.75, 3.05) is 20.1 Å². The first-order valence-electron chi connectivity index (χ1n) is 16.9. The summed E-state index contributed by atoms with van der Waals surface area (Å²) >= 11 is 0. The summed E-state index contributed by atoms with van der Waals surface area (Å²) in [5.74, 6) is -1.39. The van der Waals surface area contributed by atoms with Gasteiger partial charge in [-0.05, 0) is 48.6 Å². The molecule has 0 aliphatic carbocycles. The van der Waals surface area contributed by atoms with Crippen LogP contribution in [0, 0.1) is 11.8 Å². The molecule has 0 radical (unpaired) electrons. The first-order chi connectivity index (χ1) is 23.4. The monoisotopic (exact) mass is 681 g/mol. The minimum atomic E-state index is -1.15. The van der Waals surface area contributed by atoms with Crippen LogP contribution in [0.15, 0.2) is 65.7 Å². The maximum Gasteiger partial charge on any atom is 0.408 e. The molecule has 0 fully saturated rings. The number of amides is 4. The molecule has 13 heteroatoms. The molecule has 0 aliphatic heterocycles. The van der Waals surface area contributed by atoms with Crippen molar-refractivity contribution in [3.8, 4) is 0 Å². The highest BCUT2D eigenvalue weighted by atomic mass is 16.5. The van der Waals surface area contributed by atoms with E-state index < -0.39 is 42.1 Å². The van der Waals surface area contributed by atoms with Crippen LogP contribution in [0.5, 0.6) is 0 Å². The first kappa shape index (κ1) is 40.5. The number of hydrogen-bond donors (Lipinski definition) is 7. The topological polar surface area (TPSA) is 196 Å². The fraction of sp³-hybridized carbons (Fsp3) is 0.528. The zero-order valence-electron chi connectivity index (χ0n) is 29.4. The highest BCUT2D eigenvalue weighted by Gasteiger charge is 2.32. The number of nitrogens with two attached hydrogens (primary N) is 1. The molecule has 270 valence electrons. The molecule has 0 saturated carbocycles. The fourth-order valence-electron chi connectivity index (χ4n) is 5.05. The van der Waals surface area contributed by atoms with E-state index in [9.17, 15) is 24.3 Å². The summed E-state index contributed by atoms with van der Waals surface area (Å²) in [6.45, 7) is 8.32. The van der Waals surface area contributed by atoms with Crippen molar-refractivity contribution in [2.24, 2.45) is 22.6 Å². The molecule has 8 N–H and O–H groups in total. The van der Waals surface area contributed by atoms with Gasteiger partial charge in [-0.15, -0.1) is 0 Å². The molecule has 0 saturated heterocycles. The normalized spacial score (nSPS) is 13.9. The lowest BCUT2D eigenvalue weighted by Crippen LogP contribution is -2.58. The Morgan fingerprint density at radius 2 is 1.47 bits per heavy atom. The number of alkyl carbamates (subject to hydrolysis) is 1. The molecule has 4 atom stereocenters. The smallest absolute Gasteiger partial charge is 0.408 e. The summed E-state index contributed by atoms with van der Waals surface area (Å²) in [7, 11) is 1.55. The molecule has 2 aromatic rings. The Bertz CT molecular complexity index is 1320. The Labute approximate surface area is 290 Å². The number of carbonyl (C=O) groups excluding carboxylic acids is 4. The Morgan fingerprint density at radius 1 is 0.837 bits per heavy atom. The molecular formula is C36H55N7O6. The van der Waals surface area contributed by atoms with E-state index in [0.29, 0.717) is 32.4 Å². The maximum atomic E-state index is 13.6. The average Bonchev–Trinajstić information content (AvgIpc) is 3.07. The number of aliphatic imine (C=N–C) groups is 1. The Balaban J connectivity index is 2.06. The van der Waals surface area contributed by atoms with E-state index in [2.05, 4.69) is 31.6 Å². The summed E-state index contributed by atoms with van der Waals surface area (Å²) in [4.78, 5) is 56.4. The number of rotatable bonds is 20. The van der Waals surface area contributed by atoms with Gasteiger partial charge >= 0.3 is 6.09 Å². The van der Waals surface area contributed by atoms with Gasteiger partial charge in [0.15, 0.2) is 5.96 Å². The van der Waals surface area contributed by atoms with Gasteiger partial charge in [0.25, 0.3) is 0 Å². The minimum absolute atomic E-state index is 0.0215. The molecule has 2 rings (SSSR count). The number of aliphatic hydroxyl groups excluding tert-OH is 1. The lowest BCUT2D eigenvalue weighted by atomic mass is 9.95. The lowest BCUT2D eigenvalue weighted by Gasteiger charge is -2.30.